The normalized spacial score (nSPS) is 20.2. The van der Waals surface area contributed by atoms with Crippen LogP contribution in [0.15, 0.2) is 0 Å². The third kappa shape index (κ3) is 6.60. The van der Waals surface area contributed by atoms with Crippen LogP contribution in [-0.2, 0) is 13.3 Å². The molecular weight excluding hydrogens is 278 g/mol. The molecule has 0 aromatic heterocycles. The summed E-state index contributed by atoms with van der Waals surface area (Å²) in [5, 5.41) is 0. The summed E-state index contributed by atoms with van der Waals surface area (Å²) in [6.07, 6.45) is 1.10. The van der Waals surface area contributed by atoms with Crippen molar-refractivity contribution in [1.29, 1.82) is 0 Å². The van der Waals surface area contributed by atoms with E-state index in [0.29, 0.717) is 6.61 Å². The molecule has 0 amide bonds. The van der Waals surface area contributed by atoms with E-state index in [1.807, 2.05) is 18.7 Å². The lowest BCUT2D eigenvalue weighted by molar-refractivity contribution is 0.0697. The average Bonchev–Trinajstić information content (AvgIpc) is 2.39. The van der Waals surface area contributed by atoms with Crippen LogP contribution >= 0.6 is 11.8 Å². The molecule has 1 fully saturated rings. The lowest BCUT2D eigenvalue weighted by atomic mass is 10.4. The molecule has 0 radical (unpaired) electrons. The lowest BCUT2D eigenvalue weighted by Gasteiger charge is -2.31. The predicted octanol–water partition coefficient (Wildman–Crippen LogP) is 2.47. The number of rotatable bonds is 8. The summed E-state index contributed by atoms with van der Waals surface area (Å²) in [7, 11) is -2.40. The Balaban J connectivity index is 2.44. The molecule has 0 atom stereocenters. The van der Waals surface area contributed by atoms with Gasteiger partial charge in [-0.25, -0.2) is 0 Å². The summed E-state index contributed by atoms with van der Waals surface area (Å²) < 4.78 is 18.0. The number of hydrogen-bond acceptors (Lipinski definition) is 5. The zero-order valence-electron chi connectivity index (χ0n) is 12.7. The van der Waals surface area contributed by atoms with Crippen molar-refractivity contribution in [2.24, 2.45) is 0 Å². The van der Waals surface area contributed by atoms with Gasteiger partial charge in [0.1, 0.15) is 0 Å². The highest BCUT2D eigenvalue weighted by atomic mass is 32.2. The molecule has 1 saturated heterocycles. The molecular formula is C13H29NO3SSi. The largest absolute Gasteiger partial charge is 0.501 e. The molecule has 0 aromatic carbocycles. The molecule has 0 aromatic rings. The zero-order chi connectivity index (χ0) is 14.0. The first-order valence-electron chi connectivity index (χ1n) is 7.48. The van der Waals surface area contributed by atoms with Crippen molar-refractivity contribution in [3.63, 3.8) is 0 Å². The lowest BCUT2D eigenvalue weighted by Crippen LogP contribution is -2.48. The zero-order valence-corrected chi connectivity index (χ0v) is 14.5. The van der Waals surface area contributed by atoms with Crippen LogP contribution in [0.4, 0.5) is 0 Å². The van der Waals surface area contributed by atoms with Gasteiger partial charge in [-0.15, -0.1) is 0 Å². The summed E-state index contributed by atoms with van der Waals surface area (Å²) in [6.45, 7) is 12.0. The first kappa shape index (κ1) is 17.5. The summed E-state index contributed by atoms with van der Waals surface area (Å²) in [6, 6.07) is 0.946. The first-order chi connectivity index (χ1) is 9.26. The quantitative estimate of drug-likeness (QED) is 0.643. The maximum atomic E-state index is 6.02. The average molecular weight is 308 g/mol. The maximum absolute atomic E-state index is 6.02. The number of nitrogens with zero attached hydrogens (tertiary/aromatic N) is 1. The molecule has 0 unspecified atom stereocenters. The van der Waals surface area contributed by atoms with Gasteiger partial charge in [-0.3, -0.25) is 0 Å². The molecule has 114 valence electrons. The third-order valence-electron chi connectivity index (χ3n) is 3.32. The summed E-state index contributed by atoms with van der Waals surface area (Å²) in [5.41, 5.74) is 0. The van der Waals surface area contributed by atoms with E-state index in [9.17, 15) is 0 Å². The van der Waals surface area contributed by atoms with Crippen molar-refractivity contribution in [2.45, 2.75) is 33.2 Å². The second kappa shape index (κ2) is 10.2. The van der Waals surface area contributed by atoms with Crippen LogP contribution in [0.3, 0.4) is 0 Å². The van der Waals surface area contributed by atoms with Crippen molar-refractivity contribution in [3.8, 4) is 0 Å². The molecule has 1 aliphatic heterocycles. The van der Waals surface area contributed by atoms with Crippen LogP contribution in [0, 0.1) is 0 Å². The topological polar surface area (TPSA) is 30.9 Å². The molecule has 1 aliphatic rings. The highest BCUT2D eigenvalue weighted by Gasteiger charge is 2.40. The monoisotopic (exact) mass is 307 g/mol. The Kier molecular flexibility index (Phi) is 9.35. The molecule has 6 heteroatoms. The Labute approximate surface area is 123 Å². The van der Waals surface area contributed by atoms with E-state index in [-0.39, 0.29) is 0 Å². The summed E-state index contributed by atoms with van der Waals surface area (Å²) in [4.78, 5) is 2.44. The molecule has 0 spiro atoms. The van der Waals surface area contributed by atoms with Crippen LogP contribution in [0.1, 0.15) is 27.2 Å². The first-order valence-corrected chi connectivity index (χ1v) is 10.6. The van der Waals surface area contributed by atoms with Gasteiger partial charge >= 0.3 is 8.80 Å². The Morgan fingerprint density at radius 3 is 2.26 bits per heavy atom. The van der Waals surface area contributed by atoms with Gasteiger partial charge in [0.05, 0.1) is 0 Å². The fourth-order valence-corrected chi connectivity index (χ4v) is 5.68. The Bertz CT molecular complexity index is 222. The van der Waals surface area contributed by atoms with Gasteiger partial charge in [-0.2, -0.15) is 11.8 Å². The van der Waals surface area contributed by atoms with Crippen molar-refractivity contribution in [3.05, 3.63) is 0 Å². The van der Waals surface area contributed by atoms with E-state index < -0.39 is 8.80 Å². The Morgan fingerprint density at radius 1 is 1.11 bits per heavy atom. The second-order valence-electron chi connectivity index (χ2n) is 4.56. The molecule has 0 N–H and O–H groups in total. The number of hydrogen-bond donors (Lipinski definition) is 0. The van der Waals surface area contributed by atoms with Gasteiger partial charge in [0, 0.05) is 37.4 Å². The van der Waals surface area contributed by atoms with Gasteiger partial charge in [-0.1, -0.05) is 13.8 Å². The molecule has 1 rings (SSSR count). The van der Waals surface area contributed by atoms with E-state index >= 15 is 0 Å². The highest BCUT2D eigenvalue weighted by molar-refractivity contribution is 7.99. The third-order valence-corrected chi connectivity index (χ3v) is 7.21. The van der Waals surface area contributed by atoms with Gasteiger partial charge in [0.25, 0.3) is 0 Å². The molecule has 19 heavy (non-hydrogen) atoms. The van der Waals surface area contributed by atoms with Crippen molar-refractivity contribution in [2.75, 3.05) is 51.0 Å². The van der Waals surface area contributed by atoms with Gasteiger partial charge < -0.3 is 18.2 Å². The van der Waals surface area contributed by atoms with Gasteiger partial charge in [0.15, 0.2) is 0 Å². The van der Waals surface area contributed by atoms with E-state index in [4.69, 9.17) is 13.3 Å². The minimum absolute atomic E-state index is 0.685. The Morgan fingerprint density at radius 2 is 1.74 bits per heavy atom. The fourth-order valence-electron chi connectivity index (χ4n) is 2.23. The highest BCUT2D eigenvalue weighted by Crippen LogP contribution is 2.21. The predicted molar refractivity (Wildman–Crippen MR) is 83.8 cm³/mol. The smallest absolute Gasteiger partial charge is 0.374 e. The van der Waals surface area contributed by atoms with E-state index in [1.165, 1.54) is 0 Å². The van der Waals surface area contributed by atoms with Crippen molar-refractivity contribution in [1.82, 2.24) is 4.90 Å². The SMILES string of the molecule is CCO[Si]1(CCCN(CC)CC)OCCSCCO1. The number of thioether (sulfide) groups is 1. The summed E-state index contributed by atoms with van der Waals surface area (Å²) in [5.74, 6) is 2.11. The van der Waals surface area contributed by atoms with E-state index in [2.05, 4.69) is 18.7 Å². The molecule has 1 heterocycles. The van der Waals surface area contributed by atoms with Crippen LogP contribution in [0.25, 0.3) is 0 Å². The van der Waals surface area contributed by atoms with Gasteiger partial charge in [-0.05, 0) is 33.0 Å². The molecule has 0 bridgehead atoms. The molecule has 4 nitrogen and oxygen atoms in total. The Hall–Kier alpha value is 0.407. The van der Waals surface area contributed by atoms with Crippen LogP contribution < -0.4 is 0 Å². The minimum atomic E-state index is -2.40. The molecule has 0 aliphatic carbocycles. The minimum Gasteiger partial charge on any atom is -0.374 e. The second-order valence-corrected chi connectivity index (χ2v) is 8.51. The van der Waals surface area contributed by atoms with Crippen LogP contribution in [0.5, 0.6) is 0 Å². The van der Waals surface area contributed by atoms with Crippen molar-refractivity contribution >= 4 is 20.6 Å². The van der Waals surface area contributed by atoms with Crippen molar-refractivity contribution < 1.29 is 13.3 Å². The van der Waals surface area contributed by atoms with Crippen LogP contribution in [0.2, 0.25) is 6.04 Å². The molecule has 0 saturated carbocycles. The van der Waals surface area contributed by atoms with E-state index in [1.54, 1.807) is 0 Å². The summed E-state index contributed by atoms with van der Waals surface area (Å²) >= 11 is 1.89. The standard InChI is InChI=1S/C13H29NO3SSi/c1-4-14(5-2)8-7-13-19(15-6-3)16-9-11-18-12-10-17-19/h4-13H2,1-3H3. The van der Waals surface area contributed by atoms with Gasteiger partial charge in [0.2, 0.25) is 0 Å². The maximum Gasteiger partial charge on any atom is 0.501 e. The fraction of sp³-hybridized carbons (Fsp3) is 1.00. The van der Waals surface area contributed by atoms with Crippen LogP contribution in [-0.4, -0.2) is 64.7 Å². The van der Waals surface area contributed by atoms with E-state index in [0.717, 1.165) is 56.8 Å².